The van der Waals surface area contributed by atoms with Crippen LogP contribution < -0.4 is 10.5 Å². The smallest absolute Gasteiger partial charge is 0.309 e. The van der Waals surface area contributed by atoms with Gasteiger partial charge in [-0.2, -0.15) is 0 Å². The van der Waals surface area contributed by atoms with Gasteiger partial charge < -0.3 is 9.64 Å². The zero-order chi connectivity index (χ0) is 18.5. The number of nitrogens with zero attached hydrogens (tertiary/aromatic N) is 2. The number of hydrogen-bond acceptors (Lipinski definition) is 5. The van der Waals surface area contributed by atoms with Crippen molar-refractivity contribution in [3.05, 3.63) is 57.5 Å². The van der Waals surface area contributed by atoms with Gasteiger partial charge in [0, 0.05) is 25.1 Å². The molecular weight excluding hydrogens is 330 g/mol. The summed E-state index contributed by atoms with van der Waals surface area (Å²) < 4.78 is 5.10. The Labute approximate surface area is 153 Å². The summed E-state index contributed by atoms with van der Waals surface area (Å²) in [6.45, 7) is 5.48. The number of aromatic nitrogens is 2. The van der Waals surface area contributed by atoms with Crippen LogP contribution >= 0.6 is 0 Å². The van der Waals surface area contributed by atoms with Crippen LogP contribution in [0.25, 0.3) is 0 Å². The Bertz CT molecular complexity index is 809. The molecule has 0 radical (unpaired) electrons. The van der Waals surface area contributed by atoms with Crippen molar-refractivity contribution in [2.45, 2.75) is 33.1 Å². The van der Waals surface area contributed by atoms with Crippen molar-refractivity contribution < 1.29 is 9.53 Å². The highest BCUT2D eigenvalue weighted by atomic mass is 16.5. The van der Waals surface area contributed by atoms with E-state index in [2.05, 4.69) is 9.97 Å². The minimum absolute atomic E-state index is 0.0589. The summed E-state index contributed by atoms with van der Waals surface area (Å²) in [4.78, 5) is 34.0. The van der Waals surface area contributed by atoms with Gasteiger partial charge in [0.25, 0.3) is 5.56 Å². The first kappa shape index (κ1) is 18.2. The second kappa shape index (κ2) is 8.17. The molecule has 1 fully saturated rings. The molecule has 0 atom stereocenters. The van der Waals surface area contributed by atoms with Crippen molar-refractivity contribution >= 4 is 11.9 Å². The Hall–Kier alpha value is -2.63. The lowest BCUT2D eigenvalue weighted by atomic mass is 9.97. The average Bonchev–Trinajstić information content (AvgIpc) is 2.66. The molecule has 3 rings (SSSR count). The van der Waals surface area contributed by atoms with Crippen molar-refractivity contribution in [1.82, 2.24) is 9.97 Å². The normalized spacial score (nSPS) is 15.1. The van der Waals surface area contributed by atoms with Crippen LogP contribution in [0.1, 0.15) is 36.6 Å². The first-order valence-corrected chi connectivity index (χ1v) is 9.13. The van der Waals surface area contributed by atoms with E-state index in [9.17, 15) is 9.59 Å². The largest absolute Gasteiger partial charge is 0.466 e. The van der Waals surface area contributed by atoms with Crippen LogP contribution in [0.4, 0.5) is 5.95 Å². The first-order chi connectivity index (χ1) is 12.6. The second-order valence-corrected chi connectivity index (χ2v) is 6.63. The number of anilines is 1. The molecule has 0 saturated carbocycles. The predicted molar refractivity (Wildman–Crippen MR) is 100 cm³/mol. The predicted octanol–water partition coefficient (Wildman–Crippen LogP) is 2.45. The molecule has 1 aromatic carbocycles. The Morgan fingerprint density at radius 1 is 1.27 bits per heavy atom. The van der Waals surface area contributed by atoms with Gasteiger partial charge in [-0.25, -0.2) is 4.98 Å². The molecule has 0 spiro atoms. The molecule has 1 aliphatic rings. The Kier molecular flexibility index (Phi) is 5.71. The van der Waals surface area contributed by atoms with E-state index in [1.54, 1.807) is 0 Å². The molecule has 0 bridgehead atoms. The minimum Gasteiger partial charge on any atom is -0.466 e. The lowest BCUT2D eigenvalue weighted by Crippen LogP contribution is -2.39. The van der Waals surface area contributed by atoms with E-state index in [-0.39, 0.29) is 17.4 Å². The number of aryl methyl sites for hydroxylation is 1. The van der Waals surface area contributed by atoms with E-state index < -0.39 is 0 Å². The van der Waals surface area contributed by atoms with Crippen LogP contribution in [0.15, 0.2) is 35.1 Å². The fourth-order valence-corrected chi connectivity index (χ4v) is 3.34. The molecule has 1 aliphatic heterocycles. The Morgan fingerprint density at radius 3 is 2.58 bits per heavy atom. The van der Waals surface area contributed by atoms with Gasteiger partial charge in [0.15, 0.2) is 0 Å². The Balaban J connectivity index is 1.71. The summed E-state index contributed by atoms with van der Waals surface area (Å²) in [7, 11) is 0. The average molecular weight is 355 g/mol. The molecular formula is C20H25N3O3. The topological polar surface area (TPSA) is 75.3 Å². The van der Waals surface area contributed by atoms with E-state index in [4.69, 9.17) is 4.74 Å². The third kappa shape index (κ3) is 4.12. The summed E-state index contributed by atoms with van der Waals surface area (Å²) in [5, 5.41) is 0. The van der Waals surface area contributed by atoms with Gasteiger partial charge in [-0.15, -0.1) is 0 Å². The maximum Gasteiger partial charge on any atom is 0.309 e. The number of aromatic amines is 1. The number of rotatable bonds is 5. The van der Waals surface area contributed by atoms with Crippen molar-refractivity contribution in [3.63, 3.8) is 0 Å². The van der Waals surface area contributed by atoms with Crippen molar-refractivity contribution in [2.24, 2.45) is 5.92 Å². The minimum atomic E-state index is -0.122. The zero-order valence-electron chi connectivity index (χ0n) is 15.3. The first-order valence-electron chi connectivity index (χ1n) is 9.13. The number of hydrogen-bond donors (Lipinski definition) is 1. The highest BCUT2D eigenvalue weighted by Gasteiger charge is 2.27. The number of benzene rings is 1. The van der Waals surface area contributed by atoms with Gasteiger partial charge in [0.1, 0.15) is 0 Å². The standard InChI is InChI=1S/C20H25N3O3/c1-3-26-19(25)16-9-11-23(12-10-16)20-21-14(2)17(18(24)22-20)13-15-7-5-4-6-8-15/h4-8,16H,3,9-13H2,1-2H3,(H,21,22,24). The second-order valence-electron chi connectivity index (χ2n) is 6.63. The quantitative estimate of drug-likeness (QED) is 0.834. The zero-order valence-corrected chi connectivity index (χ0v) is 15.3. The summed E-state index contributed by atoms with van der Waals surface area (Å²) >= 11 is 0. The molecule has 1 aromatic heterocycles. The maximum absolute atomic E-state index is 12.6. The summed E-state index contributed by atoms with van der Waals surface area (Å²) in [6.07, 6.45) is 2.00. The summed E-state index contributed by atoms with van der Waals surface area (Å²) in [6, 6.07) is 9.91. The lowest BCUT2D eigenvalue weighted by Gasteiger charge is -2.31. The highest BCUT2D eigenvalue weighted by molar-refractivity contribution is 5.72. The van der Waals surface area contributed by atoms with Gasteiger partial charge in [0.2, 0.25) is 5.95 Å². The molecule has 1 saturated heterocycles. The molecule has 2 aromatic rings. The van der Waals surface area contributed by atoms with Crippen LogP contribution in [0.3, 0.4) is 0 Å². The van der Waals surface area contributed by atoms with Crippen LogP contribution in [0, 0.1) is 12.8 Å². The number of carbonyl (C=O) groups excluding carboxylic acids is 1. The molecule has 0 unspecified atom stereocenters. The van der Waals surface area contributed by atoms with E-state index in [1.807, 2.05) is 49.1 Å². The van der Waals surface area contributed by atoms with Gasteiger partial charge in [-0.3, -0.25) is 14.6 Å². The lowest BCUT2D eigenvalue weighted by molar-refractivity contribution is -0.148. The van der Waals surface area contributed by atoms with E-state index in [0.29, 0.717) is 50.5 Å². The third-order valence-electron chi connectivity index (χ3n) is 4.85. The van der Waals surface area contributed by atoms with Crippen LogP contribution in [-0.2, 0) is 16.0 Å². The van der Waals surface area contributed by atoms with Crippen LogP contribution in [0.5, 0.6) is 0 Å². The number of esters is 1. The number of H-pyrrole nitrogens is 1. The van der Waals surface area contributed by atoms with E-state index in [0.717, 1.165) is 11.3 Å². The molecule has 6 heteroatoms. The summed E-state index contributed by atoms with van der Waals surface area (Å²) in [5.74, 6) is 0.408. The highest BCUT2D eigenvalue weighted by Crippen LogP contribution is 2.22. The van der Waals surface area contributed by atoms with Gasteiger partial charge in [-0.1, -0.05) is 30.3 Å². The number of piperidine rings is 1. The molecule has 138 valence electrons. The number of ether oxygens (including phenoxy) is 1. The van der Waals surface area contributed by atoms with Crippen molar-refractivity contribution in [3.8, 4) is 0 Å². The van der Waals surface area contributed by atoms with Crippen molar-refractivity contribution in [2.75, 3.05) is 24.6 Å². The molecule has 1 N–H and O–H groups in total. The number of carbonyl (C=O) groups is 1. The summed E-state index contributed by atoms with van der Waals surface area (Å²) in [5.41, 5.74) is 2.44. The maximum atomic E-state index is 12.6. The van der Waals surface area contributed by atoms with Gasteiger partial charge in [0.05, 0.1) is 18.2 Å². The molecule has 26 heavy (non-hydrogen) atoms. The monoisotopic (exact) mass is 355 g/mol. The molecule has 2 heterocycles. The van der Waals surface area contributed by atoms with Crippen LogP contribution in [-0.4, -0.2) is 35.6 Å². The van der Waals surface area contributed by atoms with Crippen molar-refractivity contribution in [1.29, 1.82) is 0 Å². The van der Waals surface area contributed by atoms with Crippen LogP contribution in [0.2, 0.25) is 0 Å². The Morgan fingerprint density at radius 2 is 1.96 bits per heavy atom. The van der Waals surface area contributed by atoms with E-state index in [1.165, 1.54) is 0 Å². The molecule has 0 amide bonds. The van der Waals surface area contributed by atoms with Gasteiger partial charge >= 0.3 is 5.97 Å². The fraction of sp³-hybridized carbons (Fsp3) is 0.450. The SMILES string of the molecule is CCOC(=O)C1CCN(c2nc(C)c(Cc3ccccc3)c(=O)[nH]2)CC1. The molecule has 6 nitrogen and oxygen atoms in total. The third-order valence-corrected chi connectivity index (χ3v) is 4.85. The number of nitrogens with one attached hydrogen (secondary N) is 1. The fourth-order valence-electron chi connectivity index (χ4n) is 3.34. The molecule has 0 aliphatic carbocycles. The van der Waals surface area contributed by atoms with E-state index >= 15 is 0 Å². The van der Waals surface area contributed by atoms with Gasteiger partial charge in [-0.05, 0) is 32.3 Å².